The predicted molar refractivity (Wildman–Crippen MR) is 165 cm³/mol. The molecule has 0 amide bonds. The number of aromatic nitrogens is 3. The molecule has 0 unspecified atom stereocenters. The first-order chi connectivity index (χ1) is 19.6. The van der Waals surface area contributed by atoms with Gasteiger partial charge in [0, 0.05) is 39.8 Å². The van der Waals surface area contributed by atoms with E-state index in [-0.39, 0.29) is 5.41 Å². The second-order valence-corrected chi connectivity index (χ2v) is 11.1. The van der Waals surface area contributed by atoms with E-state index < -0.39 is 0 Å². The molecular weight excluding hydrogens is 486 g/mol. The number of hydrogen-bond acceptors (Lipinski definition) is 2. The van der Waals surface area contributed by atoms with Crippen LogP contribution in [0.25, 0.3) is 61.1 Å². The highest BCUT2D eigenvalue weighted by Crippen LogP contribution is 2.51. The molecule has 3 nitrogen and oxygen atoms in total. The molecule has 0 saturated carbocycles. The Morgan fingerprint density at radius 2 is 1.25 bits per heavy atom. The Labute approximate surface area is 233 Å². The molecule has 2 aromatic heterocycles. The number of para-hydroxylation sites is 1. The molecule has 2 heterocycles. The maximum Gasteiger partial charge on any atom is 0.159 e. The highest BCUT2D eigenvalue weighted by atomic mass is 15.0. The van der Waals surface area contributed by atoms with E-state index in [9.17, 15) is 0 Å². The molecule has 1 aliphatic carbocycles. The molecule has 40 heavy (non-hydrogen) atoms. The normalized spacial score (nSPS) is 13.4. The zero-order valence-corrected chi connectivity index (χ0v) is 22.5. The SMILES string of the molecule is CC1(C)c2ccccc2-c2cc3c4ccccc4n(-c4cc(-c5ccccc5)cc(-c5ncccn5)c4)c3cc21. The van der Waals surface area contributed by atoms with Gasteiger partial charge in [0.1, 0.15) is 0 Å². The van der Waals surface area contributed by atoms with Crippen LogP contribution < -0.4 is 0 Å². The summed E-state index contributed by atoms with van der Waals surface area (Å²) >= 11 is 0. The summed E-state index contributed by atoms with van der Waals surface area (Å²) in [6.45, 7) is 4.69. The summed E-state index contributed by atoms with van der Waals surface area (Å²) in [5.74, 6) is 0.722. The van der Waals surface area contributed by atoms with Gasteiger partial charge >= 0.3 is 0 Å². The van der Waals surface area contributed by atoms with Gasteiger partial charge in [0.2, 0.25) is 0 Å². The Hall–Kier alpha value is -5.02. The third-order valence-electron chi connectivity index (χ3n) is 8.48. The van der Waals surface area contributed by atoms with Gasteiger partial charge in [0.15, 0.2) is 5.82 Å². The van der Waals surface area contributed by atoms with Crippen molar-refractivity contribution in [1.82, 2.24) is 14.5 Å². The predicted octanol–water partition coefficient (Wildman–Crippen LogP) is 9.21. The van der Waals surface area contributed by atoms with Gasteiger partial charge in [-0.3, -0.25) is 0 Å². The third-order valence-corrected chi connectivity index (χ3v) is 8.48. The summed E-state index contributed by atoms with van der Waals surface area (Å²) in [7, 11) is 0. The Balaban J connectivity index is 1.46. The smallest absolute Gasteiger partial charge is 0.159 e. The zero-order valence-electron chi connectivity index (χ0n) is 22.5. The molecule has 5 aromatic carbocycles. The van der Waals surface area contributed by atoms with Crippen LogP contribution in [0.2, 0.25) is 0 Å². The first kappa shape index (κ1) is 22.9. The second-order valence-electron chi connectivity index (χ2n) is 11.1. The lowest BCUT2D eigenvalue weighted by atomic mass is 9.82. The fourth-order valence-electron chi connectivity index (χ4n) is 6.56. The molecule has 8 rings (SSSR count). The summed E-state index contributed by atoms with van der Waals surface area (Å²) in [5.41, 5.74) is 12.2. The fraction of sp³-hybridized carbons (Fsp3) is 0.0811. The number of fused-ring (bicyclic) bond motifs is 6. The van der Waals surface area contributed by atoms with Crippen LogP contribution in [-0.2, 0) is 5.41 Å². The van der Waals surface area contributed by atoms with E-state index in [0.29, 0.717) is 0 Å². The molecule has 0 saturated heterocycles. The van der Waals surface area contributed by atoms with Gasteiger partial charge in [0.25, 0.3) is 0 Å². The van der Waals surface area contributed by atoms with Crippen molar-refractivity contribution in [3.8, 4) is 39.3 Å². The van der Waals surface area contributed by atoms with Crippen LogP contribution >= 0.6 is 0 Å². The Bertz CT molecular complexity index is 2010. The minimum absolute atomic E-state index is 0.0731. The van der Waals surface area contributed by atoms with Crippen LogP contribution in [0.1, 0.15) is 25.0 Å². The monoisotopic (exact) mass is 513 g/mol. The van der Waals surface area contributed by atoms with Crippen LogP contribution in [0.4, 0.5) is 0 Å². The van der Waals surface area contributed by atoms with Crippen molar-refractivity contribution < 1.29 is 0 Å². The van der Waals surface area contributed by atoms with Gasteiger partial charge in [-0.15, -0.1) is 0 Å². The van der Waals surface area contributed by atoms with Gasteiger partial charge in [-0.1, -0.05) is 86.6 Å². The highest BCUT2D eigenvalue weighted by molar-refractivity contribution is 6.11. The van der Waals surface area contributed by atoms with Crippen molar-refractivity contribution in [3.05, 3.63) is 139 Å². The molecule has 0 bridgehead atoms. The lowest BCUT2D eigenvalue weighted by Gasteiger charge is -2.21. The summed E-state index contributed by atoms with van der Waals surface area (Å²) in [6.07, 6.45) is 3.61. The van der Waals surface area contributed by atoms with E-state index in [2.05, 4.69) is 138 Å². The van der Waals surface area contributed by atoms with Crippen molar-refractivity contribution in [1.29, 1.82) is 0 Å². The maximum absolute atomic E-state index is 4.60. The summed E-state index contributed by atoms with van der Waals surface area (Å²) in [6, 6.07) is 41.6. The lowest BCUT2D eigenvalue weighted by Crippen LogP contribution is -2.15. The van der Waals surface area contributed by atoms with E-state index in [1.807, 2.05) is 6.07 Å². The van der Waals surface area contributed by atoms with E-state index >= 15 is 0 Å². The van der Waals surface area contributed by atoms with E-state index in [4.69, 9.17) is 0 Å². The third kappa shape index (κ3) is 3.31. The molecule has 0 spiro atoms. The summed E-state index contributed by atoms with van der Waals surface area (Å²) < 4.78 is 2.42. The number of hydrogen-bond donors (Lipinski definition) is 0. The molecule has 3 heteroatoms. The van der Waals surface area contributed by atoms with Crippen LogP contribution in [0.3, 0.4) is 0 Å². The first-order valence-corrected chi connectivity index (χ1v) is 13.8. The summed E-state index contributed by atoms with van der Waals surface area (Å²) in [4.78, 5) is 9.20. The Morgan fingerprint density at radius 3 is 2.10 bits per heavy atom. The van der Waals surface area contributed by atoms with Crippen LogP contribution in [0, 0.1) is 0 Å². The van der Waals surface area contributed by atoms with Crippen molar-refractivity contribution >= 4 is 21.8 Å². The van der Waals surface area contributed by atoms with Gasteiger partial charge in [0.05, 0.1) is 11.0 Å². The Kier molecular flexibility index (Phi) is 4.86. The lowest BCUT2D eigenvalue weighted by molar-refractivity contribution is 0.661. The maximum atomic E-state index is 4.60. The second kappa shape index (κ2) is 8.49. The van der Waals surface area contributed by atoms with E-state index in [1.54, 1.807) is 12.4 Å². The summed E-state index contributed by atoms with van der Waals surface area (Å²) in [5, 5.41) is 2.52. The molecule has 0 radical (unpaired) electrons. The standard InChI is InChI=1S/C37H27N3/c1-37(2)32-15-8-6-13-28(32)30-22-31-29-14-7-9-16-34(29)40(35(31)23-33(30)37)27-20-25(24-11-4-3-5-12-24)19-26(21-27)36-38-17-10-18-39-36/h3-23H,1-2H3. The van der Waals surface area contributed by atoms with E-state index in [0.717, 1.165) is 22.6 Å². The van der Waals surface area contributed by atoms with E-state index in [1.165, 1.54) is 49.6 Å². The van der Waals surface area contributed by atoms with Gasteiger partial charge < -0.3 is 4.57 Å². The van der Waals surface area contributed by atoms with Gasteiger partial charge in [-0.05, 0) is 75.8 Å². The molecule has 0 N–H and O–H groups in total. The molecule has 7 aromatic rings. The van der Waals surface area contributed by atoms with Crippen molar-refractivity contribution in [2.75, 3.05) is 0 Å². The van der Waals surface area contributed by atoms with Gasteiger partial charge in [-0.25, -0.2) is 9.97 Å². The largest absolute Gasteiger partial charge is 0.309 e. The van der Waals surface area contributed by atoms with Crippen LogP contribution in [0.5, 0.6) is 0 Å². The van der Waals surface area contributed by atoms with Gasteiger partial charge in [-0.2, -0.15) is 0 Å². The minimum Gasteiger partial charge on any atom is -0.309 e. The molecular formula is C37H27N3. The molecule has 190 valence electrons. The first-order valence-electron chi connectivity index (χ1n) is 13.8. The topological polar surface area (TPSA) is 30.7 Å². The van der Waals surface area contributed by atoms with Crippen molar-refractivity contribution in [2.24, 2.45) is 0 Å². The highest BCUT2D eigenvalue weighted by Gasteiger charge is 2.36. The fourth-order valence-corrected chi connectivity index (χ4v) is 6.56. The molecule has 0 atom stereocenters. The molecule has 0 fully saturated rings. The van der Waals surface area contributed by atoms with Crippen LogP contribution in [0.15, 0.2) is 128 Å². The number of nitrogens with zero attached hydrogens (tertiary/aromatic N) is 3. The zero-order chi connectivity index (χ0) is 26.8. The molecule has 0 aliphatic heterocycles. The van der Waals surface area contributed by atoms with Crippen molar-refractivity contribution in [2.45, 2.75) is 19.3 Å². The minimum atomic E-state index is -0.0731. The average molecular weight is 514 g/mol. The molecule has 1 aliphatic rings. The van der Waals surface area contributed by atoms with Crippen LogP contribution in [-0.4, -0.2) is 14.5 Å². The quantitative estimate of drug-likeness (QED) is 0.236. The van der Waals surface area contributed by atoms with Crippen molar-refractivity contribution in [3.63, 3.8) is 0 Å². The Morgan fingerprint density at radius 1 is 0.525 bits per heavy atom. The number of rotatable bonds is 3. The number of benzene rings is 5. The average Bonchev–Trinajstić information content (AvgIpc) is 3.45.